The van der Waals surface area contributed by atoms with E-state index in [1.165, 1.54) is 24.3 Å². The molecule has 1 fully saturated rings. The zero-order chi connectivity index (χ0) is 21.7. The molecular weight excluding hydrogens is 388 g/mol. The molecular formula is C22H22N2O6. The predicted octanol–water partition coefficient (Wildman–Crippen LogP) is 2.63. The van der Waals surface area contributed by atoms with Crippen molar-refractivity contribution in [1.82, 2.24) is 10.2 Å². The van der Waals surface area contributed by atoms with Gasteiger partial charge in [-0.2, -0.15) is 0 Å². The first-order valence-corrected chi connectivity index (χ1v) is 9.58. The number of nitrogens with zero attached hydrogens (tertiary/aromatic N) is 1. The van der Waals surface area contributed by atoms with Crippen molar-refractivity contribution in [2.24, 2.45) is 0 Å². The van der Waals surface area contributed by atoms with E-state index in [-0.39, 0.29) is 12.4 Å². The first-order valence-electron chi connectivity index (χ1n) is 9.58. The Balaban J connectivity index is 1.69. The number of carbonyl (C=O) groups is 4. The Bertz CT molecular complexity index is 957. The van der Waals surface area contributed by atoms with Gasteiger partial charge in [0.2, 0.25) is 0 Å². The number of hydrogen-bond donors (Lipinski definition) is 1. The van der Waals surface area contributed by atoms with Gasteiger partial charge in [0, 0.05) is 0 Å². The Morgan fingerprint density at radius 2 is 1.67 bits per heavy atom. The Kier molecular flexibility index (Phi) is 6.15. The van der Waals surface area contributed by atoms with Gasteiger partial charge in [-0.1, -0.05) is 37.3 Å². The molecule has 156 valence electrons. The Morgan fingerprint density at radius 1 is 1.00 bits per heavy atom. The van der Waals surface area contributed by atoms with Crippen molar-refractivity contribution in [2.45, 2.75) is 25.8 Å². The molecule has 1 atom stereocenters. The third-order valence-corrected chi connectivity index (χ3v) is 4.86. The van der Waals surface area contributed by atoms with Crippen LogP contribution < -0.4 is 10.1 Å². The molecule has 0 radical (unpaired) electrons. The van der Waals surface area contributed by atoms with Crippen molar-refractivity contribution < 1.29 is 28.7 Å². The van der Waals surface area contributed by atoms with E-state index in [4.69, 9.17) is 9.47 Å². The topological polar surface area (TPSA) is 102 Å². The highest BCUT2D eigenvalue weighted by molar-refractivity contribution is 6.09. The third-order valence-electron chi connectivity index (χ3n) is 4.86. The Labute approximate surface area is 173 Å². The zero-order valence-corrected chi connectivity index (χ0v) is 16.7. The Morgan fingerprint density at radius 3 is 2.27 bits per heavy atom. The molecule has 0 bridgehead atoms. The molecule has 0 aromatic heterocycles. The lowest BCUT2D eigenvalue weighted by Crippen LogP contribution is -2.44. The number of nitrogens with one attached hydrogen (secondary N) is 1. The SMILES string of the molecule is CCOC(=O)c1ccc(OC(=O)CN2C(=O)NC(CC)(c3ccccc3)C2=O)cc1. The fourth-order valence-electron chi connectivity index (χ4n) is 3.30. The summed E-state index contributed by atoms with van der Waals surface area (Å²) in [5.41, 5.74) is -0.238. The molecule has 1 aliphatic heterocycles. The van der Waals surface area contributed by atoms with Crippen molar-refractivity contribution in [3.63, 3.8) is 0 Å². The molecule has 1 unspecified atom stereocenters. The molecule has 0 spiro atoms. The van der Waals surface area contributed by atoms with Crippen LogP contribution in [0.25, 0.3) is 0 Å². The molecule has 1 N–H and O–H groups in total. The normalized spacial score (nSPS) is 18.1. The smallest absolute Gasteiger partial charge is 0.338 e. The number of ether oxygens (including phenoxy) is 2. The van der Waals surface area contributed by atoms with Gasteiger partial charge in [-0.05, 0) is 43.2 Å². The van der Waals surface area contributed by atoms with E-state index < -0.39 is 36.0 Å². The molecule has 1 aliphatic rings. The lowest BCUT2D eigenvalue weighted by molar-refractivity contribution is -0.141. The van der Waals surface area contributed by atoms with Gasteiger partial charge in [0.25, 0.3) is 5.91 Å². The van der Waals surface area contributed by atoms with Crippen LogP contribution in [0.3, 0.4) is 0 Å². The van der Waals surface area contributed by atoms with Crippen molar-refractivity contribution in [1.29, 1.82) is 0 Å². The van der Waals surface area contributed by atoms with Gasteiger partial charge in [0.05, 0.1) is 12.2 Å². The summed E-state index contributed by atoms with van der Waals surface area (Å²) in [6.07, 6.45) is 0.336. The maximum atomic E-state index is 13.0. The second-order valence-corrected chi connectivity index (χ2v) is 6.67. The summed E-state index contributed by atoms with van der Waals surface area (Å²) in [7, 11) is 0. The highest BCUT2D eigenvalue weighted by Gasteiger charge is 2.51. The minimum absolute atomic E-state index is 0.185. The largest absolute Gasteiger partial charge is 0.462 e. The number of esters is 2. The first-order chi connectivity index (χ1) is 14.4. The number of amides is 3. The van der Waals surface area contributed by atoms with Crippen LogP contribution in [-0.2, 0) is 19.9 Å². The van der Waals surface area contributed by atoms with Crippen LogP contribution in [0.15, 0.2) is 54.6 Å². The highest BCUT2D eigenvalue weighted by Crippen LogP contribution is 2.32. The number of hydrogen-bond acceptors (Lipinski definition) is 6. The summed E-state index contributed by atoms with van der Waals surface area (Å²) < 4.78 is 10.1. The summed E-state index contributed by atoms with van der Waals surface area (Å²) in [5, 5.41) is 2.71. The van der Waals surface area contributed by atoms with E-state index >= 15 is 0 Å². The second kappa shape index (κ2) is 8.77. The van der Waals surface area contributed by atoms with Gasteiger partial charge < -0.3 is 14.8 Å². The number of imide groups is 1. The van der Waals surface area contributed by atoms with E-state index in [1.807, 2.05) is 6.07 Å². The number of carbonyl (C=O) groups excluding carboxylic acids is 4. The summed E-state index contributed by atoms with van der Waals surface area (Å²) in [5.74, 6) is -1.57. The number of urea groups is 1. The van der Waals surface area contributed by atoms with Crippen LogP contribution in [-0.4, -0.2) is 41.9 Å². The highest BCUT2D eigenvalue weighted by atomic mass is 16.5. The molecule has 2 aromatic rings. The summed E-state index contributed by atoms with van der Waals surface area (Å²) in [6.45, 7) is 3.22. The van der Waals surface area contributed by atoms with Gasteiger partial charge in [0.15, 0.2) is 0 Å². The molecule has 30 heavy (non-hydrogen) atoms. The maximum absolute atomic E-state index is 13.0. The van der Waals surface area contributed by atoms with Crippen LogP contribution >= 0.6 is 0 Å². The molecule has 8 nitrogen and oxygen atoms in total. The summed E-state index contributed by atoms with van der Waals surface area (Å²) in [6, 6.07) is 14.1. The van der Waals surface area contributed by atoms with Crippen LogP contribution in [0.1, 0.15) is 36.2 Å². The predicted molar refractivity (Wildman–Crippen MR) is 107 cm³/mol. The zero-order valence-electron chi connectivity index (χ0n) is 16.7. The maximum Gasteiger partial charge on any atom is 0.338 e. The summed E-state index contributed by atoms with van der Waals surface area (Å²) in [4.78, 5) is 50.3. The van der Waals surface area contributed by atoms with Gasteiger partial charge in [-0.3, -0.25) is 9.69 Å². The number of rotatable bonds is 7. The van der Waals surface area contributed by atoms with Crippen LogP contribution in [0.2, 0.25) is 0 Å². The quantitative estimate of drug-likeness (QED) is 0.428. The van der Waals surface area contributed by atoms with E-state index in [0.29, 0.717) is 17.5 Å². The van der Waals surface area contributed by atoms with E-state index in [1.54, 1.807) is 38.1 Å². The molecule has 3 rings (SSSR count). The molecule has 2 aromatic carbocycles. The van der Waals surface area contributed by atoms with Gasteiger partial charge in [0.1, 0.15) is 17.8 Å². The molecule has 0 aliphatic carbocycles. The fourth-order valence-corrected chi connectivity index (χ4v) is 3.30. The second-order valence-electron chi connectivity index (χ2n) is 6.67. The average Bonchev–Trinajstić information content (AvgIpc) is 3.00. The molecule has 0 saturated carbocycles. The third kappa shape index (κ3) is 4.03. The van der Waals surface area contributed by atoms with Crippen LogP contribution in [0, 0.1) is 0 Å². The molecule has 1 saturated heterocycles. The lowest BCUT2D eigenvalue weighted by atomic mass is 9.87. The summed E-state index contributed by atoms with van der Waals surface area (Å²) >= 11 is 0. The van der Waals surface area contributed by atoms with Gasteiger partial charge in [-0.15, -0.1) is 0 Å². The monoisotopic (exact) mass is 410 g/mol. The van der Waals surface area contributed by atoms with Gasteiger partial charge >= 0.3 is 18.0 Å². The van der Waals surface area contributed by atoms with E-state index in [2.05, 4.69) is 5.32 Å². The van der Waals surface area contributed by atoms with Crippen molar-refractivity contribution >= 4 is 23.9 Å². The Hall–Kier alpha value is -3.68. The minimum Gasteiger partial charge on any atom is -0.462 e. The van der Waals surface area contributed by atoms with Crippen molar-refractivity contribution in [2.75, 3.05) is 13.2 Å². The minimum atomic E-state index is -1.21. The van der Waals surface area contributed by atoms with E-state index in [9.17, 15) is 19.2 Å². The lowest BCUT2D eigenvalue weighted by Gasteiger charge is -2.25. The number of benzene rings is 2. The van der Waals surface area contributed by atoms with Crippen LogP contribution in [0.4, 0.5) is 4.79 Å². The van der Waals surface area contributed by atoms with Crippen molar-refractivity contribution in [3.8, 4) is 5.75 Å². The van der Waals surface area contributed by atoms with Gasteiger partial charge in [-0.25, -0.2) is 14.4 Å². The van der Waals surface area contributed by atoms with Crippen molar-refractivity contribution in [3.05, 3.63) is 65.7 Å². The fraction of sp³-hybridized carbons (Fsp3) is 0.273. The molecule has 3 amide bonds. The molecule has 1 heterocycles. The molecule has 8 heteroatoms. The average molecular weight is 410 g/mol. The van der Waals surface area contributed by atoms with E-state index in [0.717, 1.165) is 4.90 Å². The first kappa shape index (κ1) is 21.0. The standard InChI is InChI=1S/C22H22N2O6/c1-3-22(16-8-6-5-7-9-16)20(27)24(21(28)23-22)14-18(25)30-17-12-10-15(11-13-17)19(26)29-4-2/h5-13H,3-4,14H2,1-2H3,(H,23,28). The van der Waals surface area contributed by atoms with Crippen LogP contribution in [0.5, 0.6) is 5.75 Å².